The van der Waals surface area contributed by atoms with Crippen LogP contribution in [0.4, 0.5) is 10.7 Å². The van der Waals surface area contributed by atoms with E-state index in [1.807, 2.05) is 0 Å². The average Bonchev–Trinajstić information content (AvgIpc) is 3.02. The summed E-state index contributed by atoms with van der Waals surface area (Å²) in [4.78, 5) is 11.7. The van der Waals surface area contributed by atoms with Crippen molar-refractivity contribution < 1.29 is 22.7 Å². The normalized spacial score (nSPS) is 18.7. The van der Waals surface area contributed by atoms with Crippen LogP contribution >= 0.6 is 11.3 Å². The van der Waals surface area contributed by atoms with Gasteiger partial charge in [0.2, 0.25) is 0 Å². The minimum absolute atomic E-state index is 0.0438. The molecular formula is C12H18N2O5S2. The Kier molecular flexibility index (Phi) is 4.74. The molecule has 1 saturated heterocycles. The SMILES string of the molecule is COC(=O)c1sc(NCC2CCCO2)c(S(C)(=O)=O)c1N. The first-order valence-electron chi connectivity index (χ1n) is 6.40. The number of carbonyl (C=O) groups excluding carboxylic acids is 1. The van der Waals surface area contributed by atoms with Crippen molar-refractivity contribution in [2.45, 2.75) is 23.8 Å². The first kappa shape index (κ1) is 16.1. The van der Waals surface area contributed by atoms with Gasteiger partial charge in [0.05, 0.1) is 18.9 Å². The zero-order valence-electron chi connectivity index (χ0n) is 11.8. The van der Waals surface area contributed by atoms with Crippen molar-refractivity contribution in [3.05, 3.63) is 4.88 Å². The molecule has 0 bridgehead atoms. The van der Waals surface area contributed by atoms with Crippen molar-refractivity contribution in [2.75, 3.05) is 37.6 Å². The summed E-state index contributed by atoms with van der Waals surface area (Å²) in [6.07, 6.45) is 3.02. The zero-order valence-corrected chi connectivity index (χ0v) is 13.5. The Morgan fingerprint density at radius 2 is 2.29 bits per heavy atom. The van der Waals surface area contributed by atoms with Crippen LogP contribution in [0.2, 0.25) is 0 Å². The van der Waals surface area contributed by atoms with Gasteiger partial charge in [0.15, 0.2) is 9.84 Å². The Bertz CT molecular complexity index is 632. The largest absolute Gasteiger partial charge is 0.465 e. The standard InChI is InChI=1S/C12H18N2O5S2/c1-18-12(15)9-8(13)10(21(2,16)17)11(20-9)14-6-7-4-3-5-19-7/h7,14H,3-6,13H2,1-2H3. The number of esters is 1. The van der Waals surface area contributed by atoms with E-state index >= 15 is 0 Å². The van der Waals surface area contributed by atoms with Crippen LogP contribution in [0.1, 0.15) is 22.5 Å². The maximum Gasteiger partial charge on any atom is 0.350 e. The third-order valence-corrected chi connectivity index (χ3v) is 5.59. The quantitative estimate of drug-likeness (QED) is 0.777. The van der Waals surface area contributed by atoms with E-state index in [9.17, 15) is 13.2 Å². The second-order valence-corrected chi connectivity index (χ2v) is 7.76. The molecular weight excluding hydrogens is 316 g/mol. The Labute approximate surface area is 127 Å². The predicted octanol–water partition coefficient (Wildman–Crippen LogP) is 1.11. The van der Waals surface area contributed by atoms with E-state index in [0.717, 1.165) is 30.4 Å². The number of hydrogen-bond acceptors (Lipinski definition) is 8. The number of nitrogen functional groups attached to an aromatic ring is 1. The molecule has 7 nitrogen and oxygen atoms in total. The van der Waals surface area contributed by atoms with Crippen LogP contribution in [0.3, 0.4) is 0 Å². The smallest absolute Gasteiger partial charge is 0.350 e. The minimum atomic E-state index is -3.56. The summed E-state index contributed by atoms with van der Waals surface area (Å²) in [7, 11) is -2.33. The third kappa shape index (κ3) is 3.47. The molecule has 9 heteroatoms. The fourth-order valence-electron chi connectivity index (χ4n) is 2.17. The summed E-state index contributed by atoms with van der Waals surface area (Å²) in [6, 6.07) is 0. The Balaban J connectivity index is 2.31. The molecule has 1 aromatic heterocycles. The van der Waals surface area contributed by atoms with Crippen molar-refractivity contribution >= 4 is 37.8 Å². The lowest BCUT2D eigenvalue weighted by molar-refractivity contribution is 0.0607. The fourth-order valence-corrected chi connectivity index (χ4v) is 4.66. The van der Waals surface area contributed by atoms with Crippen LogP contribution in [-0.4, -0.2) is 47.0 Å². The molecule has 118 valence electrons. The highest BCUT2D eigenvalue weighted by molar-refractivity contribution is 7.91. The summed E-state index contributed by atoms with van der Waals surface area (Å²) < 4.78 is 33.9. The van der Waals surface area contributed by atoms with E-state index in [1.54, 1.807) is 0 Å². The van der Waals surface area contributed by atoms with E-state index < -0.39 is 15.8 Å². The van der Waals surface area contributed by atoms with E-state index in [4.69, 9.17) is 10.5 Å². The maximum atomic E-state index is 11.9. The molecule has 21 heavy (non-hydrogen) atoms. The second-order valence-electron chi connectivity index (χ2n) is 4.78. The van der Waals surface area contributed by atoms with E-state index in [1.165, 1.54) is 7.11 Å². The summed E-state index contributed by atoms with van der Waals surface area (Å²) >= 11 is 0.984. The van der Waals surface area contributed by atoms with Crippen LogP contribution in [-0.2, 0) is 19.3 Å². The van der Waals surface area contributed by atoms with Gasteiger partial charge in [0, 0.05) is 19.4 Å². The second kappa shape index (κ2) is 6.20. The summed E-state index contributed by atoms with van der Waals surface area (Å²) in [5.74, 6) is -0.646. The van der Waals surface area contributed by atoms with Gasteiger partial charge in [-0.2, -0.15) is 0 Å². The molecule has 0 aliphatic carbocycles. The van der Waals surface area contributed by atoms with Crippen LogP contribution in [0.15, 0.2) is 4.90 Å². The van der Waals surface area contributed by atoms with Crippen molar-refractivity contribution in [3.8, 4) is 0 Å². The number of anilines is 2. The molecule has 2 heterocycles. The van der Waals surface area contributed by atoms with Crippen molar-refractivity contribution in [1.29, 1.82) is 0 Å². The van der Waals surface area contributed by atoms with Gasteiger partial charge in [-0.1, -0.05) is 0 Å². The third-order valence-electron chi connectivity index (χ3n) is 3.16. The monoisotopic (exact) mass is 334 g/mol. The van der Waals surface area contributed by atoms with Crippen LogP contribution in [0.25, 0.3) is 0 Å². The molecule has 3 N–H and O–H groups in total. The highest BCUT2D eigenvalue weighted by Crippen LogP contribution is 2.39. The lowest BCUT2D eigenvalue weighted by Crippen LogP contribution is -2.18. The lowest BCUT2D eigenvalue weighted by Gasteiger charge is -2.11. The molecule has 2 rings (SSSR count). The van der Waals surface area contributed by atoms with Gasteiger partial charge in [-0.25, -0.2) is 13.2 Å². The summed E-state index contributed by atoms with van der Waals surface area (Å²) in [6.45, 7) is 1.19. The van der Waals surface area contributed by atoms with Gasteiger partial charge < -0.3 is 20.5 Å². The highest BCUT2D eigenvalue weighted by Gasteiger charge is 2.28. The number of rotatable bonds is 5. The van der Waals surface area contributed by atoms with Crippen molar-refractivity contribution in [3.63, 3.8) is 0 Å². The molecule has 1 aromatic rings. The van der Waals surface area contributed by atoms with Crippen LogP contribution in [0.5, 0.6) is 0 Å². The number of hydrogen-bond donors (Lipinski definition) is 2. The van der Waals surface area contributed by atoms with Gasteiger partial charge in [-0.05, 0) is 12.8 Å². The highest BCUT2D eigenvalue weighted by atomic mass is 32.2. The summed E-state index contributed by atoms with van der Waals surface area (Å²) in [5, 5.41) is 3.38. The van der Waals surface area contributed by atoms with Crippen molar-refractivity contribution in [1.82, 2.24) is 0 Å². The average molecular weight is 334 g/mol. The Morgan fingerprint density at radius 3 is 2.81 bits per heavy atom. The van der Waals surface area contributed by atoms with Gasteiger partial charge in [-0.15, -0.1) is 11.3 Å². The number of carbonyl (C=O) groups is 1. The molecule has 0 radical (unpaired) electrons. The molecule has 0 saturated carbocycles. The van der Waals surface area contributed by atoms with E-state index in [0.29, 0.717) is 18.2 Å². The lowest BCUT2D eigenvalue weighted by atomic mass is 10.2. The number of sulfone groups is 1. The molecule has 1 aliphatic rings. The Morgan fingerprint density at radius 1 is 1.57 bits per heavy atom. The van der Waals surface area contributed by atoms with Gasteiger partial charge >= 0.3 is 5.97 Å². The fraction of sp³-hybridized carbons (Fsp3) is 0.583. The van der Waals surface area contributed by atoms with E-state index in [2.05, 4.69) is 10.1 Å². The Hall–Kier alpha value is -1.32. The molecule has 1 atom stereocenters. The first-order valence-corrected chi connectivity index (χ1v) is 9.11. The van der Waals surface area contributed by atoms with Crippen LogP contribution in [0, 0.1) is 0 Å². The van der Waals surface area contributed by atoms with Crippen LogP contribution < -0.4 is 11.1 Å². The number of nitrogens with two attached hydrogens (primary N) is 1. The minimum Gasteiger partial charge on any atom is -0.465 e. The molecule has 0 spiro atoms. The molecule has 0 aromatic carbocycles. The molecule has 1 unspecified atom stereocenters. The molecule has 1 fully saturated rings. The number of thiophene rings is 1. The topological polar surface area (TPSA) is 108 Å². The molecule has 1 aliphatic heterocycles. The van der Waals surface area contributed by atoms with E-state index in [-0.39, 0.29) is 21.6 Å². The van der Waals surface area contributed by atoms with Gasteiger partial charge in [0.25, 0.3) is 0 Å². The number of nitrogens with one attached hydrogen (secondary N) is 1. The van der Waals surface area contributed by atoms with Gasteiger partial charge in [-0.3, -0.25) is 0 Å². The predicted molar refractivity (Wildman–Crippen MR) is 80.6 cm³/mol. The number of ether oxygens (including phenoxy) is 2. The molecule has 0 amide bonds. The maximum absolute atomic E-state index is 11.9. The summed E-state index contributed by atoms with van der Waals surface area (Å²) in [5.41, 5.74) is 5.74. The zero-order chi connectivity index (χ0) is 15.6. The number of methoxy groups -OCH3 is 1. The first-order chi connectivity index (χ1) is 9.84. The van der Waals surface area contributed by atoms with Crippen molar-refractivity contribution in [2.24, 2.45) is 0 Å². The van der Waals surface area contributed by atoms with Gasteiger partial charge in [0.1, 0.15) is 14.8 Å².